The number of amides is 3. The molecule has 1 aliphatic rings. The van der Waals surface area contributed by atoms with Gasteiger partial charge in [0, 0.05) is 18.5 Å². The molecule has 2 heterocycles. The summed E-state index contributed by atoms with van der Waals surface area (Å²) in [5.74, 6) is -3.82. The summed E-state index contributed by atoms with van der Waals surface area (Å²) in [6, 6.07) is 11.8. The third-order valence-corrected chi connectivity index (χ3v) is 7.86. The summed E-state index contributed by atoms with van der Waals surface area (Å²) in [6.07, 6.45) is 1.13. The number of benzene rings is 2. The SMILES string of the molecule is CC(C(=O)NC(CC(=O)O)C(=O)Cn1nnnc1Cc1ccccc1)N1CCCC[C@H](NC(=O)c2ccc(C(=O)OC(C)(C)C)cc2)C1=O. The van der Waals surface area contributed by atoms with E-state index in [-0.39, 0.29) is 24.2 Å². The van der Waals surface area contributed by atoms with Gasteiger partial charge >= 0.3 is 11.9 Å². The Morgan fingerprint density at radius 3 is 2.33 bits per heavy atom. The molecule has 0 spiro atoms. The van der Waals surface area contributed by atoms with Crippen LogP contribution in [0, 0.1) is 0 Å². The number of rotatable bonds is 13. The summed E-state index contributed by atoms with van der Waals surface area (Å²) in [4.78, 5) is 78.7. The molecule has 1 aromatic heterocycles. The summed E-state index contributed by atoms with van der Waals surface area (Å²) < 4.78 is 6.61. The molecule has 0 bridgehead atoms. The Bertz CT molecular complexity index is 1670. The van der Waals surface area contributed by atoms with Gasteiger partial charge < -0.3 is 25.4 Å². The van der Waals surface area contributed by atoms with Gasteiger partial charge in [0.2, 0.25) is 11.8 Å². The number of carboxylic acid groups (broad SMARTS) is 1. The number of carbonyl (C=O) groups excluding carboxylic acids is 5. The van der Waals surface area contributed by atoms with Crippen molar-refractivity contribution in [2.45, 2.75) is 90.1 Å². The zero-order valence-electron chi connectivity index (χ0n) is 27.9. The number of hydrogen-bond acceptors (Lipinski definition) is 10. The lowest BCUT2D eigenvalue weighted by Crippen LogP contribution is -2.56. The minimum atomic E-state index is -1.41. The van der Waals surface area contributed by atoms with Crippen molar-refractivity contribution in [2.75, 3.05) is 6.54 Å². The predicted octanol–water partition coefficient (Wildman–Crippen LogP) is 1.95. The van der Waals surface area contributed by atoms with E-state index < -0.39 is 65.6 Å². The van der Waals surface area contributed by atoms with Gasteiger partial charge in [-0.25, -0.2) is 9.48 Å². The molecule has 1 aliphatic heterocycles. The highest BCUT2D eigenvalue weighted by Crippen LogP contribution is 2.18. The van der Waals surface area contributed by atoms with Gasteiger partial charge in [-0.2, -0.15) is 0 Å². The summed E-state index contributed by atoms with van der Waals surface area (Å²) >= 11 is 0. The van der Waals surface area contributed by atoms with E-state index in [0.29, 0.717) is 31.5 Å². The van der Waals surface area contributed by atoms with Crippen molar-refractivity contribution >= 4 is 35.4 Å². The molecule has 4 rings (SSSR count). The van der Waals surface area contributed by atoms with Crippen molar-refractivity contribution in [3.63, 3.8) is 0 Å². The van der Waals surface area contributed by atoms with Crippen LogP contribution in [0.2, 0.25) is 0 Å². The van der Waals surface area contributed by atoms with E-state index in [0.717, 1.165) is 5.56 Å². The fourth-order valence-electron chi connectivity index (χ4n) is 5.28. The molecule has 1 saturated heterocycles. The summed E-state index contributed by atoms with van der Waals surface area (Å²) in [5, 5.41) is 26.2. The van der Waals surface area contributed by atoms with E-state index in [9.17, 15) is 33.9 Å². The first-order valence-corrected chi connectivity index (χ1v) is 16.0. The topological polar surface area (TPSA) is 203 Å². The average molecular weight is 676 g/mol. The number of carbonyl (C=O) groups is 6. The number of tetrazole rings is 1. The lowest BCUT2D eigenvalue weighted by Gasteiger charge is -2.30. The summed E-state index contributed by atoms with van der Waals surface area (Å²) in [5.41, 5.74) is 0.726. The number of ketones is 1. The molecule has 2 aromatic carbocycles. The Labute approximate surface area is 283 Å². The molecule has 1 fully saturated rings. The van der Waals surface area contributed by atoms with Gasteiger partial charge in [0.05, 0.1) is 18.0 Å². The van der Waals surface area contributed by atoms with Gasteiger partial charge in [-0.3, -0.25) is 24.0 Å². The molecule has 3 atom stereocenters. The number of hydrogen-bond donors (Lipinski definition) is 3. The molecule has 0 radical (unpaired) electrons. The number of carboxylic acids is 1. The van der Waals surface area contributed by atoms with E-state index in [1.165, 1.54) is 40.8 Å². The zero-order valence-corrected chi connectivity index (χ0v) is 27.9. The van der Waals surface area contributed by atoms with E-state index in [1.807, 2.05) is 30.3 Å². The number of nitrogens with zero attached hydrogens (tertiary/aromatic N) is 5. The van der Waals surface area contributed by atoms with Gasteiger partial charge in [-0.1, -0.05) is 30.3 Å². The van der Waals surface area contributed by atoms with Gasteiger partial charge in [-0.15, -0.1) is 5.10 Å². The number of likely N-dealkylation sites (tertiary alicyclic amines) is 1. The van der Waals surface area contributed by atoms with Crippen molar-refractivity contribution in [1.29, 1.82) is 0 Å². The maximum absolute atomic E-state index is 13.6. The quantitative estimate of drug-likeness (QED) is 0.224. The molecule has 3 N–H and O–H groups in total. The molecule has 3 aromatic rings. The average Bonchev–Trinajstić information content (AvgIpc) is 3.39. The molecule has 0 saturated carbocycles. The second kappa shape index (κ2) is 16.1. The molecule has 260 valence electrons. The highest BCUT2D eigenvalue weighted by atomic mass is 16.6. The smallest absolute Gasteiger partial charge is 0.338 e. The monoisotopic (exact) mass is 675 g/mol. The Morgan fingerprint density at radius 1 is 1.00 bits per heavy atom. The van der Waals surface area contributed by atoms with E-state index in [4.69, 9.17) is 4.74 Å². The number of nitrogens with one attached hydrogen (secondary N) is 2. The maximum atomic E-state index is 13.6. The first kappa shape index (κ1) is 36.4. The van der Waals surface area contributed by atoms with Crippen molar-refractivity contribution in [3.8, 4) is 0 Å². The normalized spacial score (nSPS) is 16.2. The summed E-state index contributed by atoms with van der Waals surface area (Å²) in [6.45, 7) is 6.57. The largest absolute Gasteiger partial charge is 0.481 e. The van der Waals surface area contributed by atoms with Crippen molar-refractivity contribution in [1.82, 2.24) is 35.7 Å². The lowest BCUT2D eigenvalue weighted by molar-refractivity contribution is -0.143. The predicted molar refractivity (Wildman–Crippen MR) is 174 cm³/mol. The van der Waals surface area contributed by atoms with Crippen LogP contribution in [0.5, 0.6) is 0 Å². The number of aliphatic carboxylic acids is 1. The standard InChI is InChI=1S/C34H41N7O8/c1-21(30(45)36-26(19-29(43)44)27(42)20-41-28(37-38-39-41)18-22-10-6-5-7-11-22)40-17-9-8-12-25(32(40)47)35-31(46)23-13-15-24(16-14-23)33(48)49-34(2,3)4/h5-7,10-11,13-16,21,25-26H,8-9,12,17-20H2,1-4H3,(H,35,46)(H,36,45)(H,43,44)/t21?,25-,26?/m0/s1. The third-order valence-electron chi connectivity index (χ3n) is 7.86. The highest BCUT2D eigenvalue weighted by Gasteiger charge is 2.35. The number of ether oxygens (including phenoxy) is 1. The molecular weight excluding hydrogens is 634 g/mol. The number of aromatic nitrogens is 4. The van der Waals surface area contributed by atoms with Crippen LogP contribution in [0.4, 0.5) is 0 Å². The van der Waals surface area contributed by atoms with Crippen LogP contribution >= 0.6 is 0 Å². The van der Waals surface area contributed by atoms with Crippen LogP contribution in [0.1, 0.15) is 85.5 Å². The van der Waals surface area contributed by atoms with Crippen LogP contribution in [0.25, 0.3) is 0 Å². The van der Waals surface area contributed by atoms with Crippen LogP contribution in [0.3, 0.4) is 0 Å². The van der Waals surface area contributed by atoms with Crippen molar-refractivity contribution in [2.24, 2.45) is 0 Å². The highest BCUT2D eigenvalue weighted by molar-refractivity contribution is 6.00. The fourth-order valence-corrected chi connectivity index (χ4v) is 5.28. The van der Waals surface area contributed by atoms with Gasteiger partial charge in [-0.05, 0) is 87.2 Å². The Morgan fingerprint density at radius 2 is 1.67 bits per heavy atom. The van der Waals surface area contributed by atoms with Gasteiger partial charge in [0.25, 0.3) is 5.91 Å². The first-order valence-electron chi connectivity index (χ1n) is 16.0. The van der Waals surface area contributed by atoms with Crippen LogP contribution in [0.15, 0.2) is 54.6 Å². The third kappa shape index (κ3) is 10.3. The van der Waals surface area contributed by atoms with E-state index in [1.54, 1.807) is 20.8 Å². The minimum Gasteiger partial charge on any atom is -0.481 e. The van der Waals surface area contributed by atoms with Gasteiger partial charge in [0.1, 0.15) is 24.2 Å². The molecule has 49 heavy (non-hydrogen) atoms. The zero-order chi connectivity index (χ0) is 35.7. The molecule has 2 unspecified atom stereocenters. The molecule has 15 heteroatoms. The second-order valence-electron chi connectivity index (χ2n) is 12.8. The minimum absolute atomic E-state index is 0.218. The van der Waals surface area contributed by atoms with Crippen LogP contribution in [-0.2, 0) is 36.9 Å². The molecule has 3 amide bonds. The van der Waals surface area contributed by atoms with Crippen molar-refractivity contribution in [3.05, 3.63) is 77.1 Å². The second-order valence-corrected chi connectivity index (χ2v) is 12.8. The van der Waals surface area contributed by atoms with Crippen molar-refractivity contribution < 1.29 is 38.6 Å². The first-order chi connectivity index (χ1) is 23.2. The summed E-state index contributed by atoms with van der Waals surface area (Å²) in [7, 11) is 0. The van der Waals surface area contributed by atoms with E-state index in [2.05, 4.69) is 26.2 Å². The number of esters is 1. The molecular formula is C34H41N7O8. The Kier molecular flexibility index (Phi) is 11.9. The number of Topliss-reactive ketones (excluding diaryl/α,β-unsaturated/α-hetero) is 1. The molecule has 15 nitrogen and oxygen atoms in total. The Balaban J connectivity index is 1.40. The van der Waals surface area contributed by atoms with Crippen LogP contribution < -0.4 is 10.6 Å². The Hall–Kier alpha value is -5.47. The van der Waals surface area contributed by atoms with E-state index >= 15 is 0 Å². The van der Waals surface area contributed by atoms with Gasteiger partial charge in [0.15, 0.2) is 11.6 Å². The molecule has 0 aliphatic carbocycles. The maximum Gasteiger partial charge on any atom is 0.338 e. The lowest BCUT2D eigenvalue weighted by atomic mass is 10.1. The fraction of sp³-hybridized carbons (Fsp3) is 0.441. The van der Waals surface area contributed by atoms with Crippen LogP contribution in [-0.4, -0.2) is 95.9 Å².